The lowest BCUT2D eigenvalue weighted by atomic mass is 9.68. The van der Waals surface area contributed by atoms with Crippen molar-refractivity contribution >= 4 is 0 Å². The average molecular weight is 776 g/mol. The molecule has 2 aliphatic carbocycles. The van der Waals surface area contributed by atoms with Crippen LogP contribution in [0.3, 0.4) is 0 Å². The van der Waals surface area contributed by atoms with Crippen LogP contribution in [0.15, 0.2) is 224 Å². The summed E-state index contributed by atoms with van der Waals surface area (Å²) in [4.78, 5) is 16.0. The zero-order chi connectivity index (χ0) is 40.3. The molecule has 0 bridgehead atoms. The molecule has 12 rings (SSSR count). The Kier molecular flexibility index (Phi) is 8.07. The molecule has 61 heavy (non-hydrogen) atoms. The van der Waals surface area contributed by atoms with Gasteiger partial charge in [0.15, 0.2) is 17.5 Å². The Balaban J connectivity index is 1.10. The van der Waals surface area contributed by atoms with E-state index in [0.717, 1.165) is 50.1 Å². The smallest absolute Gasteiger partial charge is 0.164 e. The van der Waals surface area contributed by atoms with Crippen LogP contribution in [-0.2, 0) is 5.41 Å². The van der Waals surface area contributed by atoms with E-state index in [-0.39, 0.29) is 0 Å². The molecule has 3 nitrogen and oxygen atoms in total. The van der Waals surface area contributed by atoms with E-state index in [0.29, 0.717) is 17.5 Å². The fourth-order valence-electron chi connectivity index (χ4n) is 9.98. The first-order valence-corrected chi connectivity index (χ1v) is 20.9. The second-order valence-electron chi connectivity index (χ2n) is 15.9. The molecule has 0 saturated carbocycles. The van der Waals surface area contributed by atoms with E-state index >= 15 is 0 Å². The van der Waals surface area contributed by atoms with Crippen molar-refractivity contribution in [2.45, 2.75) is 5.41 Å². The van der Waals surface area contributed by atoms with Gasteiger partial charge in [-0.3, -0.25) is 0 Å². The molecule has 0 unspecified atom stereocenters. The molecule has 0 aliphatic heterocycles. The second kappa shape index (κ2) is 14.1. The second-order valence-corrected chi connectivity index (χ2v) is 15.9. The Hall–Kier alpha value is -8.01. The largest absolute Gasteiger partial charge is 0.208 e. The summed E-state index contributed by atoms with van der Waals surface area (Å²) in [6.07, 6.45) is 0. The number of aromatic nitrogens is 3. The summed E-state index contributed by atoms with van der Waals surface area (Å²) in [5.74, 6) is 1.87. The van der Waals surface area contributed by atoms with Crippen molar-refractivity contribution in [1.29, 1.82) is 0 Å². The van der Waals surface area contributed by atoms with Gasteiger partial charge in [-0.05, 0) is 90.0 Å². The van der Waals surface area contributed by atoms with Gasteiger partial charge in [-0.2, -0.15) is 0 Å². The quantitative estimate of drug-likeness (QED) is 0.169. The molecule has 3 heteroatoms. The number of fused-ring (bicyclic) bond motifs is 10. The van der Waals surface area contributed by atoms with Gasteiger partial charge in [0.1, 0.15) is 0 Å². The van der Waals surface area contributed by atoms with E-state index in [1.54, 1.807) is 0 Å². The molecule has 2 aliphatic rings. The molecule has 1 spiro atoms. The van der Waals surface area contributed by atoms with Crippen molar-refractivity contribution in [2.24, 2.45) is 0 Å². The van der Waals surface area contributed by atoms with Gasteiger partial charge in [-0.25, -0.2) is 15.0 Å². The lowest BCUT2D eigenvalue weighted by Crippen LogP contribution is -2.26. The van der Waals surface area contributed by atoms with Crippen LogP contribution in [-0.4, -0.2) is 15.0 Å². The van der Waals surface area contributed by atoms with Gasteiger partial charge in [0.25, 0.3) is 0 Å². The standard InChI is InChI=1S/C58H37N3/c1-3-18-38(19-4-1)40-22-15-24-42(36-40)55-59-56(43-25-16-23-41(37-43)39-20-5-2-6-21-39)61-57(60-55)50-30-8-7-26-44(50)48-31-17-32-49-47-29-11-14-35-53(47)58(54(48)49)51-33-12-9-27-45(51)46-28-10-13-34-52(46)58/h1-37H. The highest BCUT2D eigenvalue weighted by Crippen LogP contribution is 2.64. The summed E-state index contributed by atoms with van der Waals surface area (Å²) >= 11 is 0. The monoisotopic (exact) mass is 775 g/mol. The number of rotatable bonds is 6. The fraction of sp³-hybridized carbons (Fsp3) is 0.0172. The zero-order valence-corrected chi connectivity index (χ0v) is 33.2. The van der Waals surface area contributed by atoms with Gasteiger partial charge in [0.2, 0.25) is 0 Å². The maximum atomic E-state index is 5.37. The number of benzene rings is 9. The summed E-state index contributed by atoms with van der Waals surface area (Å²) in [5, 5.41) is 0. The Morgan fingerprint density at radius 2 is 0.557 bits per heavy atom. The van der Waals surface area contributed by atoms with Gasteiger partial charge in [0.05, 0.1) is 5.41 Å². The summed E-state index contributed by atoms with van der Waals surface area (Å²) in [6, 6.07) is 80.4. The van der Waals surface area contributed by atoms with Gasteiger partial charge in [0, 0.05) is 16.7 Å². The lowest BCUT2D eigenvalue weighted by Gasteiger charge is -2.32. The van der Waals surface area contributed by atoms with Crippen LogP contribution in [0.5, 0.6) is 0 Å². The predicted molar refractivity (Wildman–Crippen MR) is 249 cm³/mol. The fourth-order valence-corrected chi connectivity index (χ4v) is 9.98. The molecular formula is C58H37N3. The van der Waals surface area contributed by atoms with E-state index in [9.17, 15) is 0 Å². The third-order valence-electron chi connectivity index (χ3n) is 12.6. The first-order valence-electron chi connectivity index (χ1n) is 20.9. The van der Waals surface area contributed by atoms with E-state index in [4.69, 9.17) is 15.0 Å². The molecule has 284 valence electrons. The van der Waals surface area contributed by atoms with E-state index < -0.39 is 5.41 Å². The first kappa shape index (κ1) is 35.0. The van der Waals surface area contributed by atoms with E-state index in [1.165, 1.54) is 44.5 Å². The summed E-state index contributed by atoms with van der Waals surface area (Å²) in [5.41, 5.74) is 19.4. The van der Waals surface area contributed by atoms with Gasteiger partial charge < -0.3 is 0 Å². The van der Waals surface area contributed by atoms with Crippen LogP contribution >= 0.6 is 0 Å². The Morgan fingerprint density at radius 3 is 1.07 bits per heavy atom. The van der Waals surface area contributed by atoms with Crippen LogP contribution in [0.1, 0.15) is 22.3 Å². The third-order valence-corrected chi connectivity index (χ3v) is 12.6. The molecule has 0 saturated heterocycles. The van der Waals surface area contributed by atoms with E-state index in [2.05, 4.69) is 212 Å². The lowest BCUT2D eigenvalue weighted by molar-refractivity contribution is 0.796. The topological polar surface area (TPSA) is 38.7 Å². The van der Waals surface area contributed by atoms with Crippen molar-refractivity contribution in [2.75, 3.05) is 0 Å². The molecule has 0 radical (unpaired) electrons. The zero-order valence-electron chi connectivity index (χ0n) is 33.2. The molecule has 1 aromatic heterocycles. The SMILES string of the molecule is c1ccc(-c2cccc(-c3nc(-c4cccc(-c5ccccc5)c4)nc(-c4ccccc4-c4cccc5c4C4(c6ccccc6-c6ccccc64)c4ccccc4-5)n3)c2)cc1. The predicted octanol–water partition coefficient (Wildman–Crippen LogP) is 14.2. The van der Waals surface area contributed by atoms with Crippen LogP contribution in [0.2, 0.25) is 0 Å². The maximum Gasteiger partial charge on any atom is 0.164 e. The van der Waals surface area contributed by atoms with Crippen molar-refractivity contribution in [3.8, 4) is 89.8 Å². The van der Waals surface area contributed by atoms with Gasteiger partial charge in [-0.1, -0.05) is 212 Å². The third kappa shape index (κ3) is 5.48. The minimum atomic E-state index is -0.506. The van der Waals surface area contributed by atoms with Gasteiger partial charge in [-0.15, -0.1) is 0 Å². The van der Waals surface area contributed by atoms with Crippen LogP contribution in [0, 0.1) is 0 Å². The molecule has 10 aromatic rings. The number of hydrogen-bond acceptors (Lipinski definition) is 3. The van der Waals surface area contributed by atoms with Gasteiger partial charge >= 0.3 is 0 Å². The van der Waals surface area contributed by atoms with Crippen molar-refractivity contribution in [1.82, 2.24) is 15.0 Å². The molecule has 9 aromatic carbocycles. The highest BCUT2D eigenvalue weighted by Gasteiger charge is 2.52. The van der Waals surface area contributed by atoms with Crippen molar-refractivity contribution in [3.63, 3.8) is 0 Å². The highest BCUT2D eigenvalue weighted by atomic mass is 15.0. The van der Waals surface area contributed by atoms with Crippen LogP contribution in [0.25, 0.3) is 89.8 Å². The minimum absolute atomic E-state index is 0.506. The highest BCUT2D eigenvalue weighted by molar-refractivity contribution is 6.00. The maximum absolute atomic E-state index is 5.37. The van der Waals surface area contributed by atoms with E-state index in [1.807, 2.05) is 12.1 Å². The Morgan fingerprint density at radius 1 is 0.230 bits per heavy atom. The number of hydrogen-bond donors (Lipinski definition) is 0. The van der Waals surface area contributed by atoms with Crippen LogP contribution < -0.4 is 0 Å². The summed E-state index contributed by atoms with van der Waals surface area (Å²) in [7, 11) is 0. The average Bonchev–Trinajstić information content (AvgIpc) is 3.82. The summed E-state index contributed by atoms with van der Waals surface area (Å²) in [6.45, 7) is 0. The van der Waals surface area contributed by atoms with Crippen molar-refractivity contribution < 1.29 is 0 Å². The van der Waals surface area contributed by atoms with Crippen LogP contribution in [0.4, 0.5) is 0 Å². The summed E-state index contributed by atoms with van der Waals surface area (Å²) < 4.78 is 0. The Bertz CT molecular complexity index is 3150. The Labute approximate surface area is 355 Å². The molecule has 1 heterocycles. The molecule has 0 atom stereocenters. The molecule has 0 fully saturated rings. The normalized spacial score (nSPS) is 12.7. The number of nitrogens with zero attached hydrogens (tertiary/aromatic N) is 3. The minimum Gasteiger partial charge on any atom is -0.208 e. The first-order chi connectivity index (χ1) is 30.3. The van der Waals surface area contributed by atoms with Crippen molar-refractivity contribution in [3.05, 3.63) is 247 Å². The molecule has 0 N–H and O–H groups in total. The molecule has 0 amide bonds. The molecular weight excluding hydrogens is 739 g/mol.